The summed E-state index contributed by atoms with van der Waals surface area (Å²) in [5, 5.41) is 3.70. The van der Waals surface area contributed by atoms with Crippen LogP contribution in [0.3, 0.4) is 0 Å². The zero-order valence-electron chi connectivity index (χ0n) is 11.8. The average molecular weight is 258 g/mol. The molecule has 2 aliphatic rings. The summed E-state index contributed by atoms with van der Waals surface area (Å²) >= 11 is 0. The zero-order chi connectivity index (χ0) is 13.0. The van der Waals surface area contributed by atoms with Crippen LogP contribution in [0.5, 0.6) is 0 Å². The lowest BCUT2D eigenvalue weighted by molar-refractivity contribution is 0.0570. The van der Waals surface area contributed by atoms with E-state index in [1.165, 1.54) is 12.8 Å². The molecule has 0 amide bonds. The zero-order valence-corrected chi connectivity index (χ0v) is 11.8. The molecule has 1 unspecified atom stereocenters. The summed E-state index contributed by atoms with van der Waals surface area (Å²) in [6, 6.07) is 1.13. The smallest absolute Gasteiger partial charge is 0.118 e. The Morgan fingerprint density at radius 2 is 1.94 bits per heavy atom. The van der Waals surface area contributed by atoms with Gasteiger partial charge in [-0.15, -0.1) is 0 Å². The summed E-state index contributed by atoms with van der Waals surface area (Å²) in [5.41, 5.74) is -1.07. The van der Waals surface area contributed by atoms with Gasteiger partial charge in [0.2, 0.25) is 0 Å². The number of rotatable bonds is 4. The predicted molar refractivity (Wildman–Crippen MR) is 71.6 cm³/mol. The van der Waals surface area contributed by atoms with Crippen molar-refractivity contribution in [2.24, 2.45) is 0 Å². The summed E-state index contributed by atoms with van der Waals surface area (Å²) < 4.78 is 19.1. The van der Waals surface area contributed by atoms with Gasteiger partial charge in [-0.05, 0) is 52.6 Å². The van der Waals surface area contributed by atoms with Crippen LogP contribution in [0.2, 0.25) is 0 Å². The number of piperidine rings is 1. The van der Waals surface area contributed by atoms with E-state index in [1.54, 1.807) is 13.8 Å². The Morgan fingerprint density at radius 1 is 1.22 bits per heavy atom. The number of hydrogen-bond acceptors (Lipinski definition) is 3. The highest BCUT2D eigenvalue weighted by Crippen LogP contribution is 2.17. The number of halogens is 1. The minimum atomic E-state index is -1.07. The molecule has 2 saturated heterocycles. The van der Waals surface area contributed by atoms with Gasteiger partial charge in [0.1, 0.15) is 5.67 Å². The lowest BCUT2D eigenvalue weighted by Gasteiger charge is -2.37. The van der Waals surface area contributed by atoms with Gasteiger partial charge < -0.3 is 15.0 Å². The van der Waals surface area contributed by atoms with E-state index in [0.717, 1.165) is 39.1 Å². The molecule has 0 saturated carbocycles. The lowest BCUT2D eigenvalue weighted by atomic mass is 10.0. The van der Waals surface area contributed by atoms with Crippen LogP contribution in [0.4, 0.5) is 4.39 Å². The number of nitrogens with one attached hydrogen (secondary N) is 1. The van der Waals surface area contributed by atoms with Gasteiger partial charge in [0.05, 0.1) is 6.61 Å². The molecule has 1 N–H and O–H groups in total. The molecule has 18 heavy (non-hydrogen) atoms. The van der Waals surface area contributed by atoms with Crippen LogP contribution in [0.1, 0.15) is 39.5 Å². The molecule has 1 atom stereocenters. The number of ether oxygens (including phenoxy) is 1. The van der Waals surface area contributed by atoms with Crippen molar-refractivity contribution in [2.75, 3.05) is 32.8 Å². The van der Waals surface area contributed by atoms with Crippen LogP contribution in [-0.4, -0.2) is 55.5 Å². The third kappa shape index (κ3) is 4.82. The first-order valence-electron chi connectivity index (χ1n) is 7.28. The fourth-order valence-corrected chi connectivity index (χ4v) is 2.99. The van der Waals surface area contributed by atoms with Crippen molar-refractivity contribution in [3.63, 3.8) is 0 Å². The third-order valence-corrected chi connectivity index (χ3v) is 3.82. The van der Waals surface area contributed by atoms with Crippen molar-refractivity contribution in [1.29, 1.82) is 0 Å². The maximum Gasteiger partial charge on any atom is 0.118 e. The minimum absolute atomic E-state index is 0.535. The Kier molecular flexibility index (Phi) is 4.98. The topological polar surface area (TPSA) is 24.5 Å². The number of hydrogen-bond donors (Lipinski definition) is 1. The fraction of sp³-hybridized carbons (Fsp3) is 1.00. The van der Waals surface area contributed by atoms with E-state index in [1.807, 2.05) is 0 Å². The number of nitrogens with zero attached hydrogens (tertiary/aromatic N) is 1. The van der Waals surface area contributed by atoms with Crippen molar-refractivity contribution in [2.45, 2.75) is 57.3 Å². The largest absolute Gasteiger partial charge is 0.380 e. The van der Waals surface area contributed by atoms with Crippen LogP contribution >= 0.6 is 0 Å². The van der Waals surface area contributed by atoms with E-state index in [0.29, 0.717) is 18.6 Å². The van der Waals surface area contributed by atoms with Gasteiger partial charge >= 0.3 is 0 Å². The maximum absolute atomic E-state index is 13.6. The summed E-state index contributed by atoms with van der Waals surface area (Å²) in [6.07, 6.45) is 4.67. The molecule has 0 spiro atoms. The molecule has 0 aliphatic carbocycles. The van der Waals surface area contributed by atoms with Crippen molar-refractivity contribution in [3.05, 3.63) is 0 Å². The van der Waals surface area contributed by atoms with E-state index < -0.39 is 5.67 Å². The molecule has 0 aromatic rings. The Bertz CT molecular complexity index is 241. The van der Waals surface area contributed by atoms with Crippen LogP contribution in [0.15, 0.2) is 0 Å². The highest BCUT2D eigenvalue weighted by molar-refractivity contribution is 4.83. The average Bonchev–Trinajstić information content (AvgIpc) is 2.31. The van der Waals surface area contributed by atoms with Gasteiger partial charge in [0, 0.05) is 25.2 Å². The van der Waals surface area contributed by atoms with E-state index in [2.05, 4.69) is 10.2 Å². The number of likely N-dealkylation sites (tertiary alicyclic amines) is 1. The molecule has 3 nitrogen and oxygen atoms in total. The number of alkyl halides is 1. The van der Waals surface area contributed by atoms with Crippen LogP contribution < -0.4 is 5.32 Å². The monoisotopic (exact) mass is 258 g/mol. The van der Waals surface area contributed by atoms with Gasteiger partial charge in [-0.1, -0.05) is 0 Å². The first-order valence-corrected chi connectivity index (χ1v) is 7.28. The molecule has 0 aromatic heterocycles. The highest BCUT2D eigenvalue weighted by atomic mass is 19.1. The van der Waals surface area contributed by atoms with E-state index in [4.69, 9.17) is 4.74 Å². The molecule has 2 aliphatic heterocycles. The second-order valence-electron chi connectivity index (χ2n) is 6.35. The van der Waals surface area contributed by atoms with Crippen molar-refractivity contribution in [3.8, 4) is 0 Å². The highest BCUT2D eigenvalue weighted by Gasteiger charge is 2.26. The Hall–Kier alpha value is -0.190. The predicted octanol–water partition coefficient (Wildman–Crippen LogP) is 1.97. The van der Waals surface area contributed by atoms with Crippen molar-refractivity contribution >= 4 is 0 Å². The lowest BCUT2D eigenvalue weighted by Crippen LogP contribution is -2.50. The standard InChI is InChI=1S/C14H27FN2O/c1-14(2,15)11-17-7-5-12(6-8-17)16-13-4-3-9-18-10-13/h12-13,16H,3-11H2,1-2H3. The van der Waals surface area contributed by atoms with Gasteiger partial charge in [-0.2, -0.15) is 0 Å². The molecule has 2 fully saturated rings. The fourth-order valence-electron chi connectivity index (χ4n) is 2.99. The second-order valence-corrected chi connectivity index (χ2v) is 6.35. The Balaban J connectivity index is 1.66. The van der Waals surface area contributed by atoms with Crippen molar-refractivity contribution < 1.29 is 9.13 Å². The molecule has 106 valence electrons. The van der Waals surface area contributed by atoms with Gasteiger partial charge in [0.25, 0.3) is 0 Å². The minimum Gasteiger partial charge on any atom is -0.380 e. The Morgan fingerprint density at radius 3 is 2.50 bits per heavy atom. The van der Waals surface area contributed by atoms with Gasteiger partial charge in [-0.3, -0.25) is 0 Å². The first-order chi connectivity index (χ1) is 8.53. The molecule has 0 radical (unpaired) electrons. The molecule has 0 bridgehead atoms. The van der Waals surface area contributed by atoms with Crippen LogP contribution in [0.25, 0.3) is 0 Å². The summed E-state index contributed by atoms with van der Waals surface area (Å²) in [7, 11) is 0. The Labute approximate surface area is 110 Å². The van der Waals surface area contributed by atoms with Crippen LogP contribution in [-0.2, 0) is 4.74 Å². The van der Waals surface area contributed by atoms with E-state index in [9.17, 15) is 4.39 Å². The molecule has 2 rings (SSSR count). The normalized spacial score (nSPS) is 28.5. The van der Waals surface area contributed by atoms with Gasteiger partial charge in [0.15, 0.2) is 0 Å². The second kappa shape index (κ2) is 6.31. The first kappa shape index (κ1) is 14.2. The molecular weight excluding hydrogens is 231 g/mol. The summed E-state index contributed by atoms with van der Waals surface area (Å²) in [4.78, 5) is 2.25. The quantitative estimate of drug-likeness (QED) is 0.834. The van der Waals surface area contributed by atoms with Gasteiger partial charge in [-0.25, -0.2) is 4.39 Å². The molecule has 4 heteroatoms. The molecule has 0 aromatic carbocycles. The molecule has 2 heterocycles. The van der Waals surface area contributed by atoms with Crippen molar-refractivity contribution in [1.82, 2.24) is 10.2 Å². The third-order valence-electron chi connectivity index (χ3n) is 3.82. The van der Waals surface area contributed by atoms with Crippen LogP contribution in [0, 0.1) is 0 Å². The maximum atomic E-state index is 13.6. The summed E-state index contributed by atoms with van der Waals surface area (Å²) in [6.45, 7) is 7.69. The van der Waals surface area contributed by atoms with E-state index >= 15 is 0 Å². The van der Waals surface area contributed by atoms with E-state index in [-0.39, 0.29) is 0 Å². The SMILES string of the molecule is CC(C)(F)CN1CCC(NC2CCCOC2)CC1. The molecular formula is C14H27FN2O. The summed E-state index contributed by atoms with van der Waals surface area (Å²) in [5.74, 6) is 0.